The second-order valence-corrected chi connectivity index (χ2v) is 8.74. The van der Waals surface area contributed by atoms with E-state index in [0.717, 1.165) is 16.7 Å². The molecule has 0 spiro atoms. The Hall–Kier alpha value is -4.41. The van der Waals surface area contributed by atoms with Crippen LogP contribution >= 0.6 is 0 Å². The predicted molar refractivity (Wildman–Crippen MR) is 134 cm³/mol. The van der Waals surface area contributed by atoms with E-state index in [1.54, 1.807) is 65.5 Å². The molecular formula is C26H25F3N6O2. The first-order valence-corrected chi connectivity index (χ1v) is 11.4. The molecule has 0 aliphatic rings. The molecule has 0 fully saturated rings. The number of rotatable bonds is 6. The zero-order chi connectivity index (χ0) is 26.7. The number of fused-ring (bicyclic) bond motifs is 1. The van der Waals surface area contributed by atoms with Gasteiger partial charge in [0.15, 0.2) is 5.65 Å². The fourth-order valence-electron chi connectivity index (χ4n) is 3.84. The molecule has 0 saturated carbocycles. The van der Waals surface area contributed by atoms with Gasteiger partial charge in [0.05, 0.1) is 24.0 Å². The number of imidazole rings is 1. The minimum Gasteiger partial charge on any atom is -0.348 e. The number of halogens is 3. The van der Waals surface area contributed by atoms with Crippen molar-refractivity contribution in [2.24, 2.45) is 0 Å². The normalized spacial score (nSPS) is 12.3. The van der Waals surface area contributed by atoms with Crippen LogP contribution < -0.4 is 10.6 Å². The number of aromatic nitrogens is 3. The highest BCUT2D eigenvalue weighted by Gasteiger charge is 2.27. The number of nitrogens with one attached hydrogen (secondary N) is 2. The molecule has 0 aliphatic heterocycles. The van der Waals surface area contributed by atoms with E-state index in [-0.39, 0.29) is 11.8 Å². The van der Waals surface area contributed by atoms with Crippen molar-refractivity contribution in [1.29, 1.82) is 0 Å². The van der Waals surface area contributed by atoms with Crippen molar-refractivity contribution >= 4 is 23.3 Å². The maximum Gasteiger partial charge on any atom is 0.405 e. The number of benzene rings is 2. The average Bonchev–Trinajstić information content (AvgIpc) is 3.30. The van der Waals surface area contributed by atoms with E-state index >= 15 is 0 Å². The Morgan fingerprint density at radius 1 is 1.00 bits per heavy atom. The number of hydrogen-bond acceptors (Lipinski definition) is 4. The molecule has 2 heterocycles. The highest BCUT2D eigenvalue weighted by Crippen LogP contribution is 2.27. The van der Waals surface area contributed by atoms with Crippen molar-refractivity contribution in [3.63, 3.8) is 0 Å². The highest BCUT2D eigenvalue weighted by atomic mass is 19.4. The van der Waals surface area contributed by atoms with Gasteiger partial charge in [-0.15, -0.1) is 0 Å². The van der Waals surface area contributed by atoms with Crippen LogP contribution in [-0.4, -0.2) is 58.3 Å². The van der Waals surface area contributed by atoms with E-state index in [4.69, 9.17) is 0 Å². The van der Waals surface area contributed by atoms with Crippen LogP contribution in [-0.2, 0) is 4.79 Å². The van der Waals surface area contributed by atoms with Gasteiger partial charge in [-0.1, -0.05) is 36.4 Å². The first-order chi connectivity index (χ1) is 17.5. The topological polar surface area (TPSA) is 91.6 Å². The molecule has 8 nitrogen and oxygen atoms in total. The van der Waals surface area contributed by atoms with Gasteiger partial charge >= 0.3 is 12.2 Å². The Kier molecular flexibility index (Phi) is 7.14. The number of urea groups is 1. The summed E-state index contributed by atoms with van der Waals surface area (Å²) in [4.78, 5) is 30.0. The number of carbonyl (C=O) groups excluding carboxylic acids is 2. The van der Waals surface area contributed by atoms with E-state index < -0.39 is 18.8 Å². The smallest absolute Gasteiger partial charge is 0.348 e. The molecule has 0 bridgehead atoms. The number of amides is 3. The van der Waals surface area contributed by atoms with E-state index in [0.29, 0.717) is 22.6 Å². The molecule has 0 radical (unpaired) electrons. The second kappa shape index (κ2) is 10.3. The van der Waals surface area contributed by atoms with Gasteiger partial charge in [0.2, 0.25) is 5.91 Å². The van der Waals surface area contributed by atoms with Crippen LogP contribution in [0, 0.1) is 0 Å². The number of alkyl halides is 3. The summed E-state index contributed by atoms with van der Waals surface area (Å²) < 4.78 is 38.6. The van der Waals surface area contributed by atoms with Crippen molar-refractivity contribution in [3.8, 4) is 22.4 Å². The lowest BCUT2D eigenvalue weighted by Crippen LogP contribution is -2.36. The maximum absolute atomic E-state index is 12.3. The Morgan fingerprint density at radius 3 is 2.41 bits per heavy atom. The summed E-state index contributed by atoms with van der Waals surface area (Å²) in [5.41, 5.74) is 4.92. The summed E-state index contributed by atoms with van der Waals surface area (Å²) in [7, 11) is 3.46. The molecule has 0 aliphatic carbocycles. The molecule has 3 amide bonds. The lowest BCUT2D eigenvalue weighted by molar-refractivity contribution is -0.129. The van der Waals surface area contributed by atoms with Gasteiger partial charge in [-0.3, -0.25) is 4.79 Å². The van der Waals surface area contributed by atoms with Crippen LogP contribution in [0.2, 0.25) is 0 Å². The molecule has 0 saturated heterocycles. The number of likely N-dealkylation sites (N-methyl/N-ethyl adjacent to an activating group) is 1. The zero-order valence-corrected chi connectivity index (χ0v) is 20.4. The number of nitrogens with zero attached hydrogens (tertiary/aromatic N) is 4. The average molecular weight is 511 g/mol. The summed E-state index contributed by atoms with van der Waals surface area (Å²) in [5.74, 6) is -0.220. The Balaban J connectivity index is 1.53. The minimum atomic E-state index is -4.49. The van der Waals surface area contributed by atoms with Gasteiger partial charge in [-0.25, -0.2) is 14.3 Å². The summed E-state index contributed by atoms with van der Waals surface area (Å²) in [6, 6.07) is 15.3. The number of hydrogen-bond donors (Lipinski definition) is 2. The highest BCUT2D eigenvalue weighted by molar-refractivity contribution is 5.90. The van der Waals surface area contributed by atoms with Crippen molar-refractivity contribution in [3.05, 3.63) is 72.6 Å². The van der Waals surface area contributed by atoms with Crippen molar-refractivity contribution < 1.29 is 22.8 Å². The predicted octanol–water partition coefficient (Wildman–Crippen LogP) is 4.94. The summed E-state index contributed by atoms with van der Waals surface area (Å²) >= 11 is 0. The van der Waals surface area contributed by atoms with Gasteiger partial charge in [0.25, 0.3) is 0 Å². The molecular weight excluding hydrogens is 485 g/mol. The third-order valence-corrected chi connectivity index (χ3v) is 5.78. The molecule has 2 N–H and O–H groups in total. The van der Waals surface area contributed by atoms with Gasteiger partial charge in [0, 0.05) is 30.9 Å². The third-order valence-electron chi connectivity index (χ3n) is 5.78. The van der Waals surface area contributed by atoms with E-state index in [2.05, 4.69) is 15.4 Å². The molecule has 1 atom stereocenters. The Labute approximate surface area is 211 Å². The van der Waals surface area contributed by atoms with Gasteiger partial charge in [0.1, 0.15) is 6.54 Å². The number of carbonyl (C=O) groups is 2. The van der Waals surface area contributed by atoms with Crippen LogP contribution in [0.25, 0.3) is 28.0 Å². The molecule has 4 aromatic rings. The molecule has 2 aromatic heterocycles. The van der Waals surface area contributed by atoms with Crippen LogP contribution in [0.4, 0.5) is 23.7 Å². The van der Waals surface area contributed by atoms with Crippen LogP contribution in [0.1, 0.15) is 18.4 Å². The summed E-state index contributed by atoms with van der Waals surface area (Å²) in [5, 5.41) is 8.69. The van der Waals surface area contributed by atoms with E-state index in [9.17, 15) is 22.8 Å². The minimum absolute atomic E-state index is 0.0296. The molecule has 2 aromatic carbocycles. The van der Waals surface area contributed by atoms with Crippen molar-refractivity contribution in [2.45, 2.75) is 19.0 Å². The monoisotopic (exact) mass is 510 g/mol. The summed E-state index contributed by atoms with van der Waals surface area (Å²) in [6.07, 6.45) is -1.16. The second-order valence-electron chi connectivity index (χ2n) is 8.74. The molecule has 37 heavy (non-hydrogen) atoms. The third kappa shape index (κ3) is 6.05. The fourth-order valence-corrected chi connectivity index (χ4v) is 3.84. The quantitative estimate of drug-likeness (QED) is 0.385. The summed E-state index contributed by atoms with van der Waals surface area (Å²) in [6.45, 7) is 0.449. The first-order valence-electron chi connectivity index (χ1n) is 11.4. The van der Waals surface area contributed by atoms with Gasteiger partial charge < -0.3 is 15.5 Å². The molecule has 1 unspecified atom stereocenters. The Bertz CT molecular complexity index is 1430. The molecule has 192 valence electrons. The van der Waals surface area contributed by atoms with Crippen LogP contribution in [0.5, 0.6) is 0 Å². The lowest BCUT2D eigenvalue weighted by Gasteiger charge is -2.17. The van der Waals surface area contributed by atoms with Gasteiger partial charge in [-0.2, -0.15) is 18.3 Å². The standard InChI is InChI=1S/C26H25F3N6O2/c1-16(24(36)34(2)3)17-7-9-18(10-8-17)20-12-23-30-14-22(35(23)32-13-20)19-5-4-6-21(11-19)33-25(37)31-15-26(27,28)29/h4-14,16H,15H2,1-3H3,(H2,31,33,37). The lowest BCUT2D eigenvalue weighted by atomic mass is 9.97. The zero-order valence-electron chi connectivity index (χ0n) is 20.4. The maximum atomic E-state index is 12.3. The van der Waals surface area contributed by atoms with Crippen LogP contribution in [0.15, 0.2) is 67.0 Å². The van der Waals surface area contributed by atoms with E-state index in [1.807, 2.05) is 37.3 Å². The molecule has 11 heteroatoms. The van der Waals surface area contributed by atoms with Gasteiger partial charge in [-0.05, 0) is 36.2 Å². The number of anilines is 1. The van der Waals surface area contributed by atoms with Crippen molar-refractivity contribution in [2.75, 3.05) is 26.0 Å². The first kappa shape index (κ1) is 25.7. The fraction of sp³-hybridized carbons (Fsp3) is 0.231. The Morgan fingerprint density at radius 2 is 1.73 bits per heavy atom. The van der Waals surface area contributed by atoms with Crippen LogP contribution in [0.3, 0.4) is 0 Å². The van der Waals surface area contributed by atoms with Crippen molar-refractivity contribution in [1.82, 2.24) is 24.8 Å². The van der Waals surface area contributed by atoms with E-state index in [1.165, 1.54) is 0 Å². The molecule has 4 rings (SSSR count). The largest absolute Gasteiger partial charge is 0.405 e. The SMILES string of the molecule is CC(C(=O)N(C)C)c1ccc(-c2cnn3c(-c4cccc(NC(=O)NCC(F)(F)F)c4)cnc3c2)cc1.